The van der Waals surface area contributed by atoms with E-state index in [1.165, 1.54) is 39.1 Å². The molecule has 1 aliphatic carbocycles. The number of anilines is 3. The highest BCUT2D eigenvalue weighted by Gasteiger charge is 2.34. The maximum Gasteiger partial charge on any atom is 0.331 e. The third-order valence-electron chi connectivity index (χ3n) is 7.43. The number of pyridine rings is 2. The number of nitrogens with one attached hydrogen (secondary N) is 3. The van der Waals surface area contributed by atoms with Crippen LogP contribution in [-0.2, 0) is 4.79 Å². The van der Waals surface area contributed by atoms with Crippen molar-refractivity contribution in [1.82, 2.24) is 30.4 Å². The molecule has 1 aliphatic heterocycles. The van der Waals surface area contributed by atoms with Crippen molar-refractivity contribution in [2.45, 2.75) is 32.2 Å². The predicted molar refractivity (Wildman–Crippen MR) is 155 cm³/mol. The second-order valence-electron chi connectivity index (χ2n) is 9.93. The molecule has 12 nitrogen and oxygen atoms in total. The van der Waals surface area contributed by atoms with Crippen LogP contribution in [0.4, 0.5) is 21.9 Å². The summed E-state index contributed by atoms with van der Waals surface area (Å²) in [5.74, 6) is -0.133. The number of aryl methyl sites for hydroxylation is 1. The number of nitrogens with zero attached hydrogens (tertiary/aromatic N) is 5. The average molecular weight is 571 g/mol. The van der Waals surface area contributed by atoms with Crippen molar-refractivity contribution >= 4 is 56.5 Å². The van der Waals surface area contributed by atoms with Crippen molar-refractivity contribution in [3.8, 4) is 5.82 Å². The summed E-state index contributed by atoms with van der Waals surface area (Å²) in [5.41, 5.74) is 1.68. The minimum absolute atomic E-state index is 0.0310. The topological polar surface area (TPSA) is 151 Å². The lowest BCUT2D eigenvalue weighted by atomic mass is 10.0. The Balaban J connectivity index is 1.33. The molecule has 6 rings (SSSR count). The Morgan fingerprint density at radius 3 is 2.85 bits per heavy atom. The first-order chi connectivity index (χ1) is 19.9. The van der Waals surface area contributed by atoms with Crippen molar-refractivity contribution in [1.29, 1.82) is 0 Å². The van der Waals surface area contributed by atoms with Crippen molar-refractivity contribution in [2.75, 3.05) is 16.8 Å². The van der Waals surface area contributed by atoms with Gasteiger partial charge >= 0.3 is 6.03 Å². The molecule has 13 heteroatoms. The molecule has 1 saturated carbocycles. The number of amides is 4. The number of thiophene rings is 1. The van der Waals surface area contributed by atoms with E-state index in [1.54, 1.807) is 37.5 Å². The molecular weight excluding hydrogens is 544 g/mol. The molecule has 0 unspecified atom stereocenters. The van der Waals surface area contributed by atoms with Crippen LogP contribution in [0.25, 0.3) is 16.0 Å². The van der Waals surface area contributed by atoms with Gasteiger partial charge in [-0.05, 0) is 55.5 Å². The first-order valence-corrected chi connectivity index (χ1v) is 13.9. The standard InChI is InChI=1S/C28H26N8O4S/c1-3-21(37)32-17-7-4-6-16(17)13-30-26(39)25-24-23-18(9-11-29-27(23)41-25)36(28(40)33-24)19-14-35(22(38)12-15(19)2)20-8-5-10-31-34-20/h3,5,8-12,14,16-17H,1,4,6-7,13H2,2H3,(H,30,39)(H,32,37)(H,33,40)/t16-,17-/m0/s1. The Hall–Kier alpha value is -4.91. The lowest BCUT2D eigenvalue weighted by Gasteiger charge is -2.29. The second kappa shape index (κ2) is 10.6. The monoisotopic (exact) mass is 570 g/mol. The van der Waals surface area contributed by atoms with Crippen molar-refractivity contribution in [3.05, 3.63) is 76.3 Å². The van der Waals surface area contributed by atoms with Gasteiger partial charge in [-0.15, -0.1) is 16.4 Å². The van der Waals surface area contributed by atoms with Crippen molar-refractivity contribution < 1.29 is 14.4 Å². The SMILES string of the molecule is C=CC(=O)N[C@H]1CCC[C@H]1CNC(=O)c1sc2nccc3c2c1NC(=O)N3c1cn(-c2cccnn2)c(=O)cc1C. The zero-order valence-corrected chi connectivity index (χ0v) is 22.9. The van der Waals surface area contributed by atoms with Crippen LogP contribution in [0, 0.1) is 12.8 Å². The highest BCUT2D eigenvalue weighted by atomic mass is 32.1. The van der Waals surface area contributed by atoms with Gasteiger partial charge in [0.25, 0.3) is 11.5 Å². The molecule has 4 aromatic heterocycles. The molecule has 2 atom stereocenters. The Kier molecular flexibility index (Phi) is 6.79. The molecule has 41 heavy (non-hydrogen) atoms. The Morgan fingerprint density at radius 2 is 2.07 bits per heavy atom. The molecule has 0 saturated heterocycles. The highest BCUT2D eigenvalue weighted by Crippen LogP contribution is 2.46. The summed E-state index contributed by atoms with van der Waals surface area (Å²) in [6.45, 7) is 5.64. The van der Waals surface area contributed by atoms with Crippen molar-refractivity contribution in [2.24, 2.45) is 5.92 Å². The minimum Gasteiger partial charge on any atom is -0.351 e. The third-order valence-corrected chi connectivity index (χ3v) is 8.52. The largest absolute Gasteiger partial charge is 0.351 e. The predicted octanol–water partition coefficient (Wildman–Crippen LogP) is 3.43. The summed E-state index contributed by atoms with van der Waals surface area (Å²) in [6, 6.07) is 5.96. The lowest BCUT2D eigenvalue weighted by Crippen LogP contribution is -2.41. The van der Waals surface area contributed by atoms with Gasteiger partial charge in [0.2, 0.25) is 5.91 Å². The van der Waals surface area contributed by atoms with Gasteiger partial charge in [-0.25, -0.2) is 9.78 Å². The molecule has 4 aromatic rings. The Labute approximate surface area is 238 Å². The van der Waals surface area contributed by atoms with Crippen LogP contribution >= 0.6 is 11.3 Å². The molecule has 1 fully saturated rings. The van der Waals surface area contributed by atoms with Crippen LogP contribution in [0.3, 0.4) is 0 Å². The quantitative estimate of drug-likeness (QED) is 0.288. The van der Waals surface area contributed by atoms with E-state index in [0.717, 1.165) is 19.3 Å². The van der Waals surface area contributed by atoms with Gasteiger partial charge in [-0.1, -0.05) is 13.0 Å². The normalized spacial score (nSPS) is 17.8. The summed E-state index contributed by atoms with van der Waals surface area (Å²) >= 11 is 1.19. The van der Waals surface area contributed by atoms with E-state index in [9.17, 15) is 19.2 Å². The molecule has 0 aromatic carbocycles. The fraction of sp³-hybridized carbons (Fsp3) is 0.250. The van der Waals surface area contributed by atoms with E-state index < -0.39 is 6.03 Å². The van der Waals surface area contributed by atoms with Crippen LogP contribution < -0.4 is 26.4 Å². The number of carbonyl (C=O) groups excluding carboxylic acids is 3. The lowest BCUT2D eigenvalue weighted by molar-refractivity contribution is -0.117. The number of rotatable bonds is 7. The smallest absolute Gasteiger partial charge is 0.331 e. The number of carbonyl (C=O) groups is 3. The molecule has 5 heterocycles. The zero-order chi connectivity index (χ0) is 28.7. The molecular formula is C28H26N8O4S. The molecule has 208 valence electrons. The minimum atomic E-state index is -0.479. The van der Waals surface area contributed by atoms with E-state index in [1.807, 2.05) is 0 Å². The molecule has 0 bridgehead atoms. The average Bonchev–Trinajstić information content (AvgIpc) is 3.57. The van der Waals surface area contributed by atoms with Crippen LogP contribution in [0.1, 0.15) is 34.5 Å². The van der Waals surface area contributed by atoms with Gasteiger partial charge in [0.15, 0.2) is 5.82 Å². The zero-order valence-electron chi connectivity index (χ0n) is 22.1. The van der Waals surface area contributed by atoms with E-state index >= 15 is 0 Å². The van der Waals surface area contributed by atoms with Crippen LogP contribution in [0.2, 0.25) is 0 Å². The number of aromatic nitrogens is 4. The van der Waals surface area contributed by atoms with Gasteiger partial charge in [0, 0.05) is 37.2 Å². The summed E-state index contributed by atoms with van der Waals surface area (Å²) in [4.78, 5) is 58.4. The Bertz CT molecular complexity index is 1770. The summed E-state index contributed by atoms with van der Waals surface area (Å²) < 4.78 is 1.33. The van der Waals surface area contributed by atoms with Gasteiger partial charge in [0.05, 0.1) is 22.4 Å². The van der Waals surface area contributed by atoms with Crippen LogP contribution in [0.5, 0.6) is 0 Å². The third kappa shape index (κ3) is 4.73. The molecule has 0 radical (unpaired) electrons. The maximum absolute atomic E-state index is 13.6. The van der Waals surface area contributed by atoms with Gasteiger partial charge in [-0.2, -0.15) is 5.10 Å². The summed E-state index contributed by atoms with van der Waals surface area (Å²) in [5, 5.41) is 17.3. The van der Waals surface area contributed by atoms with Gasteiger partial charge in [-0.3, -0.25) is 23.9 Å². The van der Waals surface area contributed by atoms with Crippen LogP contribution in [-0.4, -0.2) is 50.2 Å². The summed E-state index contributed by atoms with van der Waals surface area (Å²) in [7, 11) is 0. The maximum atomic E-state index is 13.6. The van der Waals surface area contributed by atoms with E-state index in [-0.39, 0.29) is 29.3 Å². The molecule has 2 aliphatic rings. The van der Waals surface area contributed by atoms with E-state index in [4.69, 9.17) is 0 Å². The first-order valence-electron chi connectivity index (χ1n) is 13.1. The fourth-order valence-corrected chi connectivity index (χ4v) is 6.49. The highest BCUT2D eigenvalue weighted by molar-refractivity contribution is 7.21. The van der Waals surface area contributed by atoms with Gasteiger partial charge < -0.3 is 16.0 Å². The second-order valence-corrected chi connectivity index (χ2v) is 10.9. The number of hydrogen-bond acceptors (Lipinski definition) is 8. The molecule has 4 amide bonds. The van der Waals surface area contributed by atoms with E-state index in [0.29, 0.717) is 50.1 Å². The number of urea groups is 1. The summed E-state index contributed by atoms with van der Waals surface area (Å²) in [6.07, 6.45) is 8.59. The molecule has 0 spiro atoms. The Morgan fingerprint density at radius 1 is 1.22 bits per heavy atom. The van der Waals surface area contributed by atoms with Crippen molar-refractivity contribution in [3.63, 3.8) is 0 Å². The van der Waals surface area contributed by atoms with E-state index in [2.05, 4.69) is 37.7 Å². The van der Waals surface area contributed by atoms with Gasteiger partial charge in [0.1, 0.15) is 9.71 Å². The molecule has 3 N–H and O–H groups in total. The number of hydrogen-bond donors (Lipinski definition) is 3. The fourth-order valence-electron chi connectivity index (χ4n) is 5.45. The first kappa shape index (κ1) is 26.3. The van der Waals surface area contributed by atoms with Crippen LogP contribution in [0.15, 0.2) is 60.3 Å².